The van der Waals surface area contributed by atoms with Crippen LogP contribution in [0.4, 0.5) is 0 Å². The summed E-state index contributed by atoms with van der Waals surface area (Å²) in [7, 11) is 0. The lowest BCUT2D eigenvalue weighted by Gasteiger charge is -2.31. The summed E-state index contributed by atoms with van der Waals surface area (Å²) in [5.41, 5.74) is 6.83. The first kappa shape index (κ1) is 14.2. The number of aromatic nitrogens is 2. The van der Waals surface area contributed by atoms with Crippen LogP contribution in [0.5, 0.6) is 0 Å². The molecule has 0 aliphatic heterocycles. The first-order valence-electron chi connectivity index (χ1n) is 6.37. The number of aryl methyl sites for hydroxylation is 1. The standard InChI is InChI=1S/C13H25N3O/c1-4-16-8-12(7-15-16)6-13(9-14,10-17)5-11(2)3/h7-8,11,17H,4-6,9-10,14H2,1-3H3. The van der Waals surface area contributed by atoms with Gasteiger partial charge in [0, 0.05) is 24.7 Å². The Morgan fingerprint density at radius 3 is 2.65 bits per heavy atom. The highest BCUT2D eigenvalue weighted by Crippen LogP contribution is 2.29. The third kappa shape index (κ3) is 3.82. The minimum absolute atomic E-state index is 0.138. The van der Waals surface area contributed by atoms with E-state index in [0.717, 1.165) is 24.9 Å². The van der Waals surface area contributed by atoms with Gasteiger partial charge in [0.25, 0.3) is 0 Å². The minimum Gasteiger partial charge on any atom is -0.396 e. The molecule has 1 rings (SSSR count). The molecule has 1 aromatic heterocycles. The normalized spacial score (nSPS) is 15.2. The Kier molecular flexibility index (Phi) is 5.15. The van der Waals surface area contributed by atoms with Gasteiger partial charge < -0.3 is 10.8 Å². The second-order valence-corrected chi connectivity index (χ2v) is 5.34. The topological polar surface area (TPSA) is 64.1 Å². The number of nitrogens with two attached hydrogens (primary N) is 1. The fourth-order valence-corrected chi connectivity index (χ4v) is 2.38. The van der Waals surface area contributed by atoms with Crippen molar-refractivity contribution in [1.82, 2.24) is 9.78 Å². The number of nitrogens with zero attached hydrogens (tertiary/aromatic N) is 2. The van der Waals surface area contributed by atoms with E-state index in [9.17, 15) is 5.11 Å². The molecule has 0 aromatic carbocycles. The lowest BCUT2D eigenvalue weighted by molar-refractivity contribution is 0.108. The Hall–Kier alpha value is -0.870. The molecule has 0 spiro atoms. The molecular formula is C13H25N3O. The summed E-state index contributed by atoms with van der Waals surface area (Å²) >= 11 is 0. The van der Waals surface area contributed by atoms with Crippen molar-refractivity contribution < 1.29 is 5.11 Å². The first-order valence-corrected chi connectivity index (χ1v) is 6.37. The Morgan fingerprint density at radius 1 is 1.53 bits per heavy atom. The maximum Gasteiger partial charge on any atom is 0.0521 e. The van der Waals surface area contributed by atoms with Gasteiger partial charge in [-0.3, -0.25) is 4.68 Å². The van der Waals surface area contributed by atoms with Crippen LogP contribution in [0.25, 0.3) is 0 Å². The summed E-state index contributed by atoms with van der Waals surface area (Å²) < 4.78 is 1.91. The maximum absolute atomic E-state index is 9.64. The molecule has 0 aliphatic carbocycles. The molecule has 0 amide bonds. The molecule has 0 saturated carbocycles. The average molecular weight is 239 g/mol. The molecule has 1 unspecified atom stereocenters. The van der Waals surface area contributed by atoms with Crippen LogP contribution in [0.3, 0.4) is 0 Å². The number of aliphatic hydroxyl groups excluding tert-OH is 1. The van der Waals surface area contributed by atoms with Gasteiger partial charge in [-0.15, -0.1) is 0 Å². The maximum atomic E-state index is 9.64. The van der Waals surface area contributed by atoms with Crippen molar-refractivity contribution in [3.63, 3.8) is 0 Å². The van der Waals surface area contributed by atoms with Gasteiger partial charge in [0.15, 0.2) is 0 Å². The third-order valence-corrected chi connectivity index (χ3v) is 3.20. The Morgan fingerprint density at radius 2 is 2.24 bits per heavy atom. The van der Waals surface area contributed by atoms with Crippen molar-refractivity contribution in [2.24, 2.45) is 17.1 Å². The highest BCUT2D eigenvalue weighted by molar-refractivity contribution is 5.08. The Labute approximate surface area is 104 Å². The van der Waals surface area contributed by atoms with E-state index in [-0.39, 0.29) is 12.0 Å². The largest absolute Gasteiger partial charge is 0.396 e. The van der Waals surface area contributed by atoms with Crippen LogP contribution >= 0.6 is 0 Å². The first-order chi connectivity index (χ1) is 8.05. The minimum atomic E-state index is -0.199. The van der Waals surface area contributed by atoms with E-state index in [1.165, 1.54) is 0 Å². The van der Waals surface area contributed by atoms with Gasteiger partial charge in [-0.25, -0.2) is 0 Å². The van der Waals surface area contributed by atoms with Gasteiger partial charge >= 0.3 is 0 Å². The third-order valence-electron chi connectivity index (χ3n) is 3.20. The number of rotatable bonds is 7. The monoisotopic (exact) mass is 239 g/mol. The fraction of sp³-hybridized carbons (Fsp3) is 0.769. The SMILES string of the molecule is CCn1cc(CC(CN)(CO)CC(C)C)cn1. The van der Waals surface area contributed by atoms with Gasteiger partial charge in [0.1, 0.15) is 0 Å². The molecule has 1 heterocycles. The van der Waals surface area contributed by atoms with Gasteiger partial charge in [-0.05, 0) is 31.2 Å². The summed E-state index contributed by atoms with van der Waals surface area (Å²) in [6.07, 6.45) is 5.67. The zero-order valence-corrected chi connectivity index (χ0v) is 11.2. The van der Waals surface area contributed by atoms with Crippen LogP contribution in [-0.2, 0) is 13.0 Å². The zero-order chi connectivity index (χ0) is 12.9. The van der Waals surface area contributed by atoms with Gasteiger partial charge in [0.2, 0.25) is 0 Å². The van der Waals surface area contributed by atoms with Gasteiger partial charge in [-0.1, -0.05) is 13.8 Å². The second kappa shape index (κ2) is 6.17. The van der Waals surface area contributed by atoms with Crippen LogP contribution in [-0.4, -0.2) is 28.0 Å². The van der Waals surface area contributed by atoms with E-state index in [1.54, 1.807) is 0 Å². The van der Waals surface area contributed by atoms with Crippen LogP contribution in [0.2, 0.25) is 0 Å². The molecule has 1 aromatic rings. The molecule has 0 bridgehead atoms. The number of aliphatic hydroxyl groups is 1. The summed E-state index contributed by atoms with van der Waals surface area (Å²) in [6, 6.07) is 0. The predicted molar refractivity (Wildman–Crippen MR) is 69.6 cm³/mol. The van der Waals surface area contributed by atoms with Crippen molar-refractivity contribution in [1.29, 1.82) is 0 Å². The molecule has 4 nitrogen and oxygen atoms in total. The lowest BCUT2D eigenvalue weighted by Crippen LogP contribution is -2.37. The molecular weight excluding hydrogens is 214 g/mol. The van der Waals surface area contributed by atoms with Gasteiger partial charge in [-0.2, -0.15) is 5.10 Å². The predicted octanol–water partition coefficient (Wildman–Crippen LogP) is 1.43. The zero-order valence-electron chi connectivity index (χ0n) is 11.2. The van der Waals surface area contributed by atoms with Crippen molar-refractivity contribution >= 4 is 0 Å². The van der Waals surface area contributed by atoms with E-state index in [1.807, 2.05) is 17.1 Å². The van der Waals surface area contributed by atoms with Crippen molar-refractivity contribution in [3.8, 4) is 0 Å². The van der Waals surface area contributed by atoms with Crippen LogP contribution in [0, 0.1) is 11.3 Å². The quantitative estimate of drug-likeness (QED) is 0.756. The van der Waals surface area contributed by atoms with Crippen molar-refractivity contribution in [2.75, 3.05) is 13.2 Å². The fourth-order valence-electron chi connectivity index (χ4n) is 2.38. The van der Waals surface area contributed by atoms with Crippen LogP contribution in [0.1, 0.15) is 32.8 Å². The molecule has 17 heavy (non-hydrogen) atoms. The number of hydrogen-bond acceptors (Lipinski definition) is 3. The molecule has 0 fully saturated rings. The van der Waals surface area contributed by atoms with E-state index in [2.05, 4.69) is 25.9 Å². The number of hydrogen-bond donors (Lipinski definition) is 2. The molecule has 0 aliphatic rings. The molecule has 4 heteroatoms. The summed E-state index contributed by atoms with van der Waals surface area (Å²) in [6.45, 7) is 7.91. The second-order valence-electron chi connectivity index (χ2n) is 5.34. The molecule has 0 saturated heterocycles. The average Bonchev–Trinajstić information content (AvgIpc) is 2.75. The van der Waals surface area contributed by atoms with E-state index in [4.69, 9.17) is 5.73 Å². The molecule has 3 N–H and O–H groups in total. The highest BCUT2D eigenvalue weighted by atomic mass is 16.3. The van der Waals surface area contributed by atoms with E-state index >= 15 is 0 Å². The molecule has 98 valence electrons. The highest BCUT2D eigenvalue weighted by Gasteiger charge is 2.29. The lowest BCUT2D eigenvalue weighted by atomic mass is 9.76. The summed E-state index contributed by atoms with van der Waals surface area (Å²) in [5.74, 6) is 0.534. The van der Waals surface area contributed by atoms with Crippen LogP contribution < -0.4 is 5.73 Å². The van der Waals surface area contributed by atoms with Crippen molar-refractivity contribution in [3.05, 3.63) is 18.0 Å². The van der Waals surface area contributed by atoms with E-state index in [0.29, 0.717) is 12.5 Å². The Bertz CT molecular complexity index is 329. The van der Waals surface area contributed by atoms with Crippen molar-refractivity contribution in [2.45, 2.75) is 40.2 Å². The van der Waals surface area contributed by atoms with Crippen LogP contribution in [0.15, 0.2) is 12.4 Å². The Balaban J connectivity index is 2.78. The summed E-state index contributed by atoms with van der Waals surface area (Å²) in [5, 5.41) is 13.9. The van der Waals surface area contributed by atoms with E-state index < -0.39 is 0 Å². The molecule has 1 atom stereocenters. The summed E-state index contributed by atoms with van der Waals surface area (Å²) in [4.78, 5) is 0. The van der Waals surface area contributed by atoms with Gasteiger partial charge in [0.05, 0.1) is 12.8 Å². The molecule has 0 radical (unpaired) electrons. The smallest absolute Gasteiger partial charge is 0.0521 e.